The highest BCUT2D eigenvalue weighted by Gasteiger charge is 2.20. The highest BCUT2D eigenvalue weighted by molar-refractivity contribution is 6.29. The molecule has 0 bridgehead atoms. The van der Waals surface area contributed by atoms with E-state index in [-0.39, 0.29) is 6.61 Å². The predicted octanol–water partition coefficient (Wildman–Crippen LogP) is 1.84. The van der Waals surface area contributed by atoms with Crippen molar-refractivity contribution in [2.24, 2.45) is 5.92 Å². The van der Waals surface area contributed by atoms with E-state index in [0.29, 0.717) is 12.0 Å². The monoisotopic (exact) mass is 189 g/mol. The highest BCUT2D eigenvalue weighted by Crippen LogP contribution is 2.21. The van der Waals surface area contributed by atoms with Crippen LogP contribution in [-0.4, -0.2) is 17.8 Å². The molecule has 0 aromatic heterocycles. The summed E-state index contributed by atoms with van der Waals surface area (Å²) in [6.45, 7) is 2.36. The minimum absolute atomic E-state index is 0.264. The molecular formula is C9H16ClNO. The van der Waals surface area contributed by atoms with E-state index in [2.05, 4.69) is 12.2 Å². The van der Waals surface area contributed by atoms with Crippen molar-refractivity contribution in [3.05, 3.63) is 11.2 Å². The van der Waals surface area contributed by atoms with Gasteiger partial charge in [0, 0.05) is 29.8 Å². The second kappa shape index (κ2) is 4.73. The van der Waals surface area contributed by atoms with Crippen molar-refractivity contribution in [3.8, 4) is 0 Å². The van der Waals surface area contributed by atoms with E-state index in [1.54, 1.807) is 0 Å². The van der Waals surface area contributed by atoms with E-state index in [1.165, 1.54) is 0 Å². The number of nitrogens with one attached hydrogen (secondary N) is 1. The van der Waals surface area contributed by atoms with Gasteiger partial charge in [0.15, 0.2) is 0 Å². The van der Waals surface area contributed by atoms with Crippen molar-refractivity contribution in [1.29, 1.82) is 0 Å². The third-order valence-corrected chi connectivity index (χ3v) is 2.77. The van der Waals surface area contributed by atoms with Gasteiger partial charge in [0.2, 0.25) is 0 Å². The highest BCUT2D eigenvalue weighted by atomic mass is 35.5. The van der Waals surface area contributed by atoms with Crippen molar-refractivity contribution < 1.29 is 5.11 Å². The van der Waals surface area contributed by atoms with Crippen LogP contribution in [0.1, 0.15) is 26.2 Å². The number of rotatable bonds is 3. The SMILES string of the molecule is CCC(CO)C1CCC(Cl)=CN1. The zero-order valence-electron chi connectivity index (χ0n) is 7.39. The van der Waals surface area contributed by atoms with Gasteiger partial charge in [-0.15, -0.1) is 0 Å². The van der Waals surface area contributed by atoms with Crippen LogP contribution in [-0.2, 0) is 0 Å². The van der Waals surface area contributed by atoms with Gasteiger partial charge >= 0.3 is 0 Å². The number of aliphatic hydroxyl groups is 1. The largest absolute Gasteiger partial charge is 0.396 e. The Balaban J connectivity index is 2.43. The molecule has 2 unspecified atom stereocenters. The number of aliphatic hydroxyl groups excluding tert-OH is 1. The molecule has 3 heteroatoms. The molecule has 2 atom stereocenters. The molecule has 0 amide bonds. The fourth-order valence-electron chi connectivity index (χ4n) is 1.56. The average Bonchev–Trinajstić information content (AvgIpc) is 2.10. The summed E-state index contributed by atoms with van der Waals surface area (Å²) in [5.74, 6) is 0.367. The van der Waals surface area contributed by atoms with Crippen molar-refractivity contribution >= 4 is 11.6 Å². The number of halogens is 1. The molecule has 0 aliphatic carbocycles. The Morgan fingerprint density at radius 3 is 3.00 bits per heavy atom. The Morgan fingerprint density at radius 1 is 1.83 bits per heavy atom. The molecule has 0 radical (unpaired) electrons. The normalized spacial score (nSPS) is 25.9. The van der Waals surface area contributed by atoms with Crippen LogP contribution in [0.15, 0.2) is 11.2 Å². The minimum Gasteiger partial charge on any atom is -0.396 e. The maximum absolute atomic E-state index is 9.05. The van der Waals surface area contributed by atoms with E-state index in [4.69, 9.17) is 16.7 Å². The summed E-state index contributed by atoms with van der Waals surface area (Å²) < 4.78 is 0. The summed E-state index contributed by atoms with van der Waals surface area (Å²) in [4.78, 5) is 0. The standard InChI is InChI=1S/C9H16ClNO/c1-2-7(6-12)9-4-3-8(10)5-11-9/h5,7,9,11-12H,2-4,6H2,1H3. The third-order valence-electron chi connectivity index (χ3n) is 2.48. The number of allylic oxidation sites excluding steroid dienone is 1. The Morgan fingerprint density at radius 2 is 2.58 bits per heavy atom. The zero-order chi connectivity index (χ0) is 8.97. The molecule has 0 saturated carbocycles. The Bertz CT molecular complexity index is 166. The van der Waals surface area contributed by atoms with Gasteiger partial charge in [-0.05, 0) is 19.3 Å². The Hall–Kier alpha value is -0.210. The van der Waals surface area contributed by atoms with Crippen molar-refractivity contribution in [2.45, 2.75) is 32.2 Å². The summed E-state index contributed by atoms with van der Waals surface area (Å²) in [5, 5.41) is 13.2. The topological polar surface area (TPSA) is 32.3 Å². The molecule has 0 saturated heterocycles. The van der Waals surface area contributed by atoms with E-state index >= 15 is 0 Å². The molecule has 12 heavy (non-hydrogen) atoms. The van der Waals surface area contributed by atoms with E-state index < -0.39 is 0 Å². The maximum atomic E-state index is 9.05. The summed E-state index contributed by atoms with van der Waals surface area (Å²) >= 11 is 5.81. The lowest BCUT2D eigenvalue weighted by molar-refractivity contribution is 0.184. The fourth-order valence-corrected chi connectivity index (χ4v) is 1.73. The van der Waals surface area contributed by atoms with Crippen LogP contribution in [0.5, 0.6) is 0 Å². The van der Waals surface area contributed by atoms with Gasteiger partial charge in [-0.1, -0.05) is 18.5 Å². The van der Waals surface area contributed by atoms with E-state index in [1.807, 2.05) is 6.20 Å². The van der Waals surface area contributed by atoms with Gasteiger partial charge in [0.1, 0.15) is 0 Å². The molecule has 0 aromatic rings. The quantitative estimate of drug-likeness (QED) is 0.710. The zero-order valence-corrected chi connectivity index (χ0v) is 8.14. The van der Waals surface area contributed by atoms with E-state index in [9.17, 15) is 0 Å². The second-order valence-electron chi connectivity index (χ2n) is 3.25. The third kappa shape index (κ3) is 2.39. The molecule has 2 N–H and O–H groups in total. The lowest BCUT2D eigenvalue weighted by atomic mass is 9.92. The Kier molecular flexibility index (Phi) is 3.89. The minimum atomic E-state index is 0.264. The summed E-state index contributed by atoms with van der Waals surface area (Å²) in [7, 11) is 0. The smallest absolute Gasteiger partial charge is 0.0478 e. The van der Waals surface area contributed by atoms with Crippen molar-refractivity contribution in [1.82, 2.24) is 5.32 Å². The van der Waals surface area contributed by atoms with Crippen LogP contribution >= 0.6 is 11.6 Å². The van der Waals surface area contributed by atoms with Gasteiger partial charge in [0.05, 0.1) is 0 Å². The number of hydrogen-bond donors (Lipinski definition) is 2. The van der Waals surface area contributed by atoms with Crippen LogP contribution < -0.4 is 5.32 Å². The first-order chi connectivity index (χ1) is 5.77. The van der Waals surface area contributed by atoms with Gasteiger partial charge in [-0.2, -0.15) is 0 Å². The lowest BCUT2D eigenvalue weighted by Gasteiger charge is -2.28. The van der Waals surface area contributed by atoms with Crippen molar-refractivity contribution in [3.63, 3.8) is 0 Å². The number of hydrogen-bond acceptors (Lipinski definition) is 2. The van der Waals surface area contributed by atoms with Crippen LogP contribution in [0.25, 0.3) is 0 Å². The van der Waals surface area contributed by atoms with Crippen LogP contribution in [0.2, 0.25) is 0 Å². The first-order valence-corrected chi connectivity index (χ1v) is 4.87. The second-order valence-corrected chi connectivity index (χ2v) is 3.74. The fraction of sp³-hybridized carbons (Fsp3) is 0.778. The average molecular weight is 190 g/mol. The molecule has 1 rings (SSSR count). The van der Waals surface area contributed by atoms with Gasteiger partial charge < -0.3 is 10.4 Å². The van der Waals surface area contributed by atoms with E-state index in [0.717, 1.165) is 24.3 Å². The maximum Gasteiger partial charge on any atom is 0.0478 e. The molecule has 2 nitrogen and oxygen atoms in total. The summed E-state index contributed by atoms with van der Waals surface area (Å²) in [5.41, 5.74) is 0. The first kappa shape index (κ1) is 9.87. The van der Waals surface area contributed by atoms with Crippen molar-refractivity contribution in [2.75, 3.05) is 6.61 Å². The first-order valence-electron chi connectivity index (χ1n) is 4.49. The molecule has 0 fully saturated rings. The summed E-state index contributed by atoms with van der Waals surface area (Å²) in [6, 6.07) is 0.405. The van der Waals surface area contributed by atoms with Crippen LogP contribution in [0, 0.1) is 5.92 Å². The molecule has 1 aliphatic rings. The predicted molar refractivity (Wildman–Crippen MR) is 51.0 cm³/mol. The summed E-state index contributed by atoms with van der Waals surface area (Å²) in [6.07, 6.45) is 4.85. The molecule has 0 aromatic carbocycles. The van der Waals surface area contributed by atoms with Gasteiger partial charge in [-0.25, -0.2) is 0 Å². The van der Waals surface area contributed by atoms with Gasteiger partial charge in [-0.3, -0.25) is 0 Å². The lowest BCUT2D eigenvalue weighted by Crippen LogP contribution is -2.36. The molecule has 0 spiro atoms. The molecule has 1 heterocycles. The molecule has 70 valence electrons. The van der Waals surface area contributed by atoms with Crippen LogP contribution in [0.3, 0.4) is 0 Å². The Labute approximate surface area is 78.6 Å². The molecular weight excluding hydrogens is 174 g/mol. The van der Waals surface area contributed by atoms with Gasteiger partial charge in [0.25, 0.3) is 0 Å². The van der Waals surface area contributed by atoms with Crippen LogP contribution in [0.4, 0.5) is 0 Å². The molecule has 1 aliphatic heterocycles.